The van der Waals surface area contributed by atoms with Crippen molar-refractivity contribution in [1.82, 2.24) is 0 Å². The second kappa shape index (κ2) is 15.1. The molecule has 4 heteroatoms. The highest BCUT2D eigenvalue weighted by Gasteiger charge is 2.24. The van der Waals surface area contributed by atoms with Crippen molar-refractivity contribution in [3.63, 3.8) is 0 Å². The molecular weight excluding hydrogens is 474 g/mol. The molecule has 0 spiro atoms. The van der Waals surface area contributed by atoms with E-state index in [2.05, 4.69) is 42.6 Å². The molecule has 0 aliphatic rings. The minimum Gasteiger partial charge on any atom is -0.507 e. The number of unbranched alkanes of at least 4 members (excludes halogenated alkanes) is 9. The van der Waals surface area contributed by atoms with Gasteiger partial charge in [0.25, 0.3) is 0 Å². The van der Waals surface area contributed by atoms with E-state index < -0.39 is 0 Å². The van der Waals surface area contributed by atoms with E-state index in [0.717, 1.165) is 50.9 Å². The lowest BCUT2D eigenvalue weighted by molar-refractivity contribution is -0.115. The molecule has 0 bridgehead atoms. The highest BCUT2D eigenvalue weighted by Crippen LogP contribution is 2.37. The van der Waals surface area contributed by atoms with E-state index >= 15 is 0 Å². The Kier molecular flexibility index (Phi) is 11.9. The zero-order valence-electron chi connectivity index (χ0n) is 23.2. The number of nitrogens with one attached hydrogen (secondary N) is 1. The lowest BCUT2D eigenvalue weighted by Crippen LogP contribution is -2.20. The highest BCUT2D eigenvalue weighted by atomic mass is 32.2. The van der Waals surface area contributed by atoms with Gasteiger partial charge in [0.2, 0.25) is 5.91 Å². The van der Waals surface area contributed by atoms with Crippen LogP contribution in [0, 0.1) is 20.8 Å². The maximum absolute atomic E-state index is 13.7. The van der Waals surface area contributed by atoms with E-state index in [1.54, 1.807) is 11.8 Å². The molecule has 0 fully saturated rings. The summed E-state index contributed by atoms with van der Waals surface area (Å²) >= 11 is 1.75. The molecule has 3 aromatic carbocycles. The summed E-state index contributed by atoms with van der Waals surface area (Å²) in [7, 11) is 0. The van der Waals surface area contributed by atoms with Gasteiger partial charge >= 0.3 is 0 Å². The molecule has 1 amide bonds. The number of aryl methyl sites for hydroxylation is 1. The number of hydrogen-bond acceptors (Lipinski definition) is 3. The van der Waals surface area contributed by atoms with Crippen LogP contribution in [0.25, 0.3) is 10.8 Å². The number of rotatable bonds is 15. The minimum absolute atomic E-state index is 0.000946. The zero-order valence-corrected chi connectivity index (χ0v) is 24.1. The van der Waals surface area contributed by atoms with Gasteiger partial charge in [0.15, 0.2) is 0 Å². The fourth-order valence-electron chi connectivity index (χ4n) is 4.97. The molecule has 3 nitrogen and oxygen atoms in total. The third-order valence-electron chi connectivity index (χ3n) is 7.44. The lowest BCUT2D eigenvalue weighted by Gasteiger charge is -2.21. The summed E-state index contributed by atoms with van der Waals surface area (Å²) < 4.78 is 0. The number of hydrogen-bond donors (Lipinski definition) is 2. The Morgan fingerprint density at radius 1 is 0.838 bits per heavy atom. The molecule has 1 unspecified atom stereocenters. The molecule has 0 aromatic heterocycles. The van der Waals surface area contributed by atoms with Crippen molar-refractivity contribution < 1.29 is 9.90 Å². The normalized spacial score (nSPS) is 12.1. The Bertz CT molecular complexity index is 1150. The molecule has 0 saturated heterocycles. The van der Waals surface area contributed by atoms with Crippen LogP contribution in [0.4, 0.5) is 5.69 Å². The average Bonchev–Trinajstić information content (AvgIpc) is 2.91. The first-order valence-corrected chi connectivity index (χ1v) is 15.2. The van der Waals surface area contributed by atoms with Crippen molar-refractivity contribution in [3.05, 3.63) is 70.8 Å². The van der Waals surface area contributed by atoms with Crippen molar-refractivity contribution in [2.75, 3.05) is 11.1 Å². The Morgan fingerprint density at radius 3 is 2.16 bits per heavy atom. The van der Waals surface area contributed by atoms with Gasteiger partial charge in [-0.2, -0.15) is 0 Å². The van der Waals surface area contributed by atoms with Gasteiger partial charge in [0, 0.05) is 5.69 Å². The number of thioether (sulfide) groups is 1. The molecule has 0 saturated carbocycles. The quantitative estimate of drug-likeness (QED) is 0.155. The maximum Gasteiger partial charge on any atom is 0.242 e. The smallest absolute Gasteiger partial charge is 0.242 e. The van der Waals surface area contributed by atoms with E-state index in [0.29, 0.717) is 5.75 Å². The standard InChI is InChI=1S/C33H45NO2S/c1-5-6-7-8-9-10-11-12-13-16-22-37-32(29-21-17-19-27-18-14-15-20-28(27)29)33(36)34-30-23-24(2)31(35)26(4)25(30)3/h14-15,17-21,23,32,35H,5-13,16,22H2,1-4H3,(H,34,36). The van der Waals surface area contributed by atoms with Crippen LogP contribution >= 0.6 is 11.8 Å². The topological polar surface area (TPSA) is 49.3 Å². The summed E-state index contributed by atoms with van der Waals surface area (Å²) in [5.74, 6) is 1.27. The van der Waals surface area contributed by atoms with Gasteiger partial charge in [0.1, 0.15) is 11.0 Å². The van der Waals surface area contributed by atoms with Gasteiger partial charge in [-0.3, -0.25) is 4.79 Å². The summed E-state index contributed by atoms with van der Waals surface area (Å²) in [5.41, 5.74) is 4.35. The fourth-order valence-corrected chi connectivity index (χ4v) is 6.17. The molecule has 200 valence electrons. The van der Waals surface area contributed by atoms with Crippen LogP contribution in [-0.2, 0) is 4.79 Å². The first kappa shape index (κ1) is 29.1. The van der Waals surface area contributed by atoms with E-state index in [1.807, 2.05) is 39.0 Å². The fraction of sp³-hybridized carbons (Fsp3) is 0.485. The number of carbonyl (C=O) groups is 1. The molecule has 0 aliphatic carbocycles. The number of carbonyl (C=O) groups excluding carboxylic acids is 1. The van der Waals surface area contributed by atoms with Gasteiger partial charge in [0.05, 0.1) is 0 Å². The monoisotopic (exact) mass is 519 g/mol. The number of fused-ring (bicyclic) bond motifs is 1. The van der Waals surface area contributed by atoms with Crippen molar-refractivity contribution in [2.24, 2.45) is 0 Å². The van der Waals surface area contributed by atoms with Gasteiger partial charge < -0.3 is 10.4 Å². The number of anilines is 1. The van der Waals surface area contributed by atoms with E-state index in [4.69, 9.17) is 0 Å². The number of amides is 1. The van der Waals surface area contributed by atoms with Gasteiger partial charge in [-0.15, -0.1) is 11.8 Å². The second-order valence-electron chi connectivity index (χ2n) is 10.3. The van der Waals surface area contributed by atoms with Crippen LogP contribution in [0.15, 0.2) is 48.5 Å². The molecule has 3 rings (SSSR count). The predicted octanol–water partition coefficient (Wildman–Crippen LogP) is 9.80. The molecule has 2 N–H and O–H groups in total. The number of phenols is 1. The first-order valence-electron chi connectivity index (χ1n) is 14.1. The van der Waals surface area contributed by atoms with E-state index in [9.17, 15) is 9.90 Å². The van der Waals surface area contributed by atoms with Crippen molar-refractivity contribution in [1.29, 1.82) is 0 Å². The molecule has 0 aliphatic heterocycles. The van der Waals surface area contributed by atoms with Crippen LogP contribution in [0.1, 0.15) is 98.6 Å². The van der Waals surface area contributed by atoms with Gasteiger partial charge in [-0.25, -0.2) is 0 Å². The molecule has 3 aromatic rings. The average molecular weight is 520 g/mol. The zero-order chi connectivity index (χ0) is 26.6. The van der Waals surface area contributed by atoms with Crippen molar-refractivity contribution >= 4 is 34.1 Å². The Balaban J connectivity index is 1.65. The van der Waals surface area contributed by atoms with Gasteiger partial charge in [-0.1, -0.05) is 107 Å². The Labute approximate surface area is 228 Å². The summed E-state index contributed by atoms with van der Waals surface area (Å²) in [6, 6.07) is 16.5. The summed E-state index contributed by atoms with van der Waals surface area (Å²) in [4.78, 5) is 13.7. The lowest BCUT2D eigenvalue weighted by atomic mass is 10.0. The summed E-state index contributed by atoms with van der Waals surface area (Å²) in [6.45, 7) is 7.99. The number of phenolic OH excluding ortho intramolecular Hbond substituents is 1. The third-order valence-corrected chi connectivity index (χ3v) is 8.77. The SMILES string of the molecule is CCCCCCCCCCCCSC(C(=O)Nc1cc(C)c(O)c(C)c1C)c1cccc2ccccc12. The van der Waals surface area contributed by atoms with Crippen molar-refractivity contribution in [2.45, 2.75) is 97.2 Å². The maximum atomic E-state index is 13.7. The van der Waals surface area contributed by atoms with Crippen LogP contribution in [0.2, 0.25) is 0 Å². The number of aromatic hydroxyl groups is 1. The molecule has 0 heterocycles. The van der Waals surface area contributed by atoms with Crippen LogP contribution in [0.3, 0.4) is 0 Å². The Hall–Kier alpha value is -2.46. The van der Waals surface area contributed by atoms with Gasteiger partial charge in [-0.05, 0) is 72.0 Å². The highest BCUT2D eigenvalue weighted by molar-refractivity contribution is 8.00. The molecule has 1 atom stereocenters. The summed E-state index contributed by atoms with van der Waals surface area (Å²) in [5, 5.41) is 15.5. The first-order chi connectivity index (χ1) is 17.9. The van der Waals surface area contributed by atoms with Crippen LogP contribution in [-0.4, -0.2) is 16.8 Å². The molecular formula is C33H45NO2S. The molecule has 37 heavy (non-hydrogen) atoms. The second-order valence-corrected chi connectivity index (χ2v) is 11.5. The Morgan fingerprint density at radius 2 is 1.46 bits per heavy atom. The largest absolute Gasteiger partial charge is 0.507 e. The summed E-state index contributed by atoms with van der Waals surface area (Å²) in [6.07, 6.45) is 13.1. The molecule has 0 radical (unpaired) electrons. The predicted molar refractivity (Wildman–Crippen MR) is 162 cm³/mol. The van der Waals surface area contributed by atoms with E-state index in [-0.39, 0.29) is 11.2 Å². The van der Waals surface area contributed by atoms with Crippen LogP contribution in [0.5, 0.6) is 5.75 Å². The van der Waals surface area contributed by atoms with Crippen LogP contribution < -0.4 is 5.32 Å². The minimum atomic E-state index is -0.293. The van der Waals surface area contributed by atoms with E-state index in [1.165, 1.54) is 57.8 Å². The van der Waals surface area contributed by atoms with Crippen molar-refractivity contribution in [3.8, 4) is 5.75 Å². The third kappa shape index (κ3) is 8.26. The number of benzene rings is 3.